The highest BCUT2D eigenvalue weighted by atomic mass is 35.5. The molecule has 0 aliphatic rings. The van der Waals surface area contributed by atoms with Crippen LogP contribution < -0.4 is 0 Å². The molecule has 0 unspecified atom stereocenters. The van der Waals surface area contributed by atoms with Crippen molar-refractivity contribution < 1.29 is 14.3 Å². The minimum atomic E-state index is -1.38. The highest BCUT2D eigenvalue weighted by molar-refractivity contribution is 6.37. The Hall–Kier alpha value is -0.870. The van der Waals surface area contributed by atoms with Crippen molar-refractivity contribution in [3.05, 3.63) is 27.3 Å². The third-order valence-corrected chi connectivity index (χ3v) is 2.70. The average molecular weight is 266 g/mol. The van der Waals surface area contributed by atoms with E-state index in [0.717, 1.165) is 0 Å². The lowest BCUT2D eigenvalue weighted by Gasteiger charge is -2.22. The number of halogens is 3. The molecule has 0 aromatic carbocycles. The molecule has 0 atom stereocenters. The predicted octanol–water partition coefficient (Wildman–Crippen LogP) is 3.52. The second-order valence-electron chi connectivity index (χ2n) is 4.31. The van der Waals surface area contributed by atoms with Crippen LogP contribution in [-0.4, -0.2) is 16.1 Å². The number of hydrogen-bond acceptors (Lipinski definition) is 2. The molecule has 0 aliphatic carbocycles. The van der Waals surface area contributed by atoms with Crippen LogP contribution in [0.5, 0.6) is 0 Å². The molecule has 1 aromatic heterocycles. The molecular formula is C10H10Cl2FNO2. The minimum Gasteiger partial charge on any atom is -0.476 e. The van der Waals surface area contributed by atoms with E-state index in [-0.39, 0.29) is 15.6 Å². The van der Waals surface area contributed by atoms with Gasteiger partial charge in [0.1, 0.15) is 5.02 Å². The fourth-order valence-electron chi connectivity index (χ4n) is 1.31. The van der Waals surface area contributed by atoms with Crippen LogP contribution in [0, 0.1) is 5.95 Å². The monoisotopic (exact) mass is 265 g/mol. The number of carboxylic acid groups (broad SMARTS) is 1. The van der Waals surface area contributed by atoms with Gasteiger partial charge in [0.05, 0.1) is 5.02 Å². The van der Waals surface area contributed by atoms with Gasteiger partial charge in [0.15, 0.2) is 5.69 Å². The summed E-state index contributed by atoms with van der Waals surface area (Å²) in [5, 5.41) is 8.46. The van der Waals surface area contributed by atoms with E-state index in [1.165, 1.54) is 0 Å². The van der Waals surface area contributed by atoms with Crippen molar-refractivity contribution in [1.82, 2.24) is 4.98 Å². The van der Waals surface area contributed by atoms with Crippen LogP contribution in [0.4, 0.5) is 4.39 Å². The second kappa shape index (κ2) is 4.18. The van der Waals surface area contributed by atoms with Gasteiger partial charge < -0.3 is 5.11 Å². The largest absolute Gasteiger partial charge is 0.476 e. The second-order valence-corrected chi connectivity index (χ2v) is 5.07. The SMILES string of the molecule is CC(C)(C)c1c(Cl)c(F)nc(C(=O)O)c1Cl. The molecule has 6 heteroatoms. The fraction of sp³-hybridized carbons (Fsp3) is 0.400. The Morgan fingerprint density at radius 3 is 2.19 bits per heavy atom. The zero-order valence-corrected chi connectivity index (χ0v) is 10.4. The molecule has 1 rings (SSSR count). The Balaban J connectivity index is 3.66. The van der Waals surface area contributed by atoms with Gasteiger partial charge in [-0.2, -0.15) is 4.39 Å². The van der Waals surface area contributed by atoms with Crippen LogP contribution in [-0.2, 0) is 5.41 Å². The van der Waals surface area contributed by atoms with Gasteiger partial charge in [-0.1, -0.05) is 44.0 Å². The highest BCUT2D eigenvalue weighted by Gasteiger charge is 2.28. The van der Waals surface area contributed by atoms with Gasteiger partial charge >= 0.3 is 5.97 Å². The first-order valence-electron chi connectivity index (χ1n) is 4.44. The van der Waals surface area contributed by atoms with Gasteiger partial charge in [0.2, 0.25) is 5.95 Å². The molecule has 0 aliphatic heterocycles. The third kappa shape index (κ3) is 2.28. The smallest absolute Gasteiger partial charge is 0.356 e. The van der Waals surface area contributed by atoms with Crippen molar-refractivity contribution in [2.75, 3.05) is 0 Å². The summed E-state index contributed by atoms with van der Waals surface area (Å²) in [7, 11) is 0. The molecule has 0 spiro atoms. The minimum absolute atomic E-state index is 0.119. The summed E-state index contributed by atoms with van der Waals surface area (Å²) < 4.78 is 13.3. The van der Waals surface area contributed by atoms with Gasteiger partial charge in [0.25, 0.3) is 0 Å². The lowest BCUT2D eigenvalue weighted by Crippen LogP contribution is -2.17. The van der Waals surface area contributed by atoms with Gasteiger partial charge in [-0.05, 0) is 5.41 Å². The first-order valence-corrected chi connectivity index (χ1v) is 5.20. The first-order chi connectivity index (χ1) is 7.16. The van der Waals surface area contributed by atoms with Crippen LogP contribution in [0.25, 0.3) is 0 Å². The molecule has 16 heavy (non-hydrogen) atoms. The van der Waals surface area contributed by atoms with Crippen molar-refractivity contribution in [1.29, 1.82) is 0 Å². The maximum atomic E-state index is 13.3. The Kier molecular flexibility index (Phi) is 3.45. The zero-order chi connectivity index (χ0) is 12.7. The lowest BCUT2D eigenvalue weighted by molar-refractivity contribution is 0.0689. The summed E-state index contributed by atoms with van der Waals surface area (Å²) in [5.74, 6) is -2.40. The van der Waals surface area contributed by atoms with E-state index in [4.69, 9.17) is 28.3 Å². The highest BCUT2D eigenvalue weighted by Crippen LogP contribution is 2.37. The molecule has 0 amide bonds. The van der Waals surface area contributed by atoms with E-state index < -0.39 is 23.0 Å². The van der Waals surface area contributed by atoms with E-state index >= 15 is 0 Å². The summed E-state index contributed by atoms with van der Waals surface area (Å²) in [6.07, 6.45) is 0. The summed E-state index contributed by atoms with van der Waals surface area (Å²) in [6.45, 7) is 5.27. The van der Waals surface area contributed by atoms with Crippen LogP contribution in [0.15, 0.2) is 0 Å². The van der Waals surface area contributed by atoms with E-state index in [1.807, 2.05) is 0 Å². The van der Waals surface area contributed by atoms with Crippen LogP contribution >= 0.6 is 23.2 Å². The summed E-state index contributed by atoms with van der Waals surface area (Å²) in [5.41, 5.74) is -0.837. The number of pyridine rings is 1. The molecular weight excluding hydrogens is 256 g/mol. The maximum absolute atomic E-state index is 13.3. The van der Waals surface area contributed by atoms with Gasteiger partial charge in [-0.25, -0.2) is 9.78 Å². The molecule has 0 bridgehead atoms. The normalized spacial score (nSPS) is 11.6. The number of hydrogen-bond donors (Lipinski definition) is 1. The van der Waals surface area contributed by atoms with Crippen molar-refractivity contribution in [2.45, 2.75) is 26.2 Å². The van der Waals surface area contributed by atoms with Crippen LogP contribution in [0.2, 0.25) is 10.0 Å². The van der Waals surface area contributed by atoms with Crippen LogP contribution in [0.3, 0.4) is 0 Å². The van der Waals surface area contributed by atoms with E-state index in [0.29, 0.717) is 0 Å². The van der Waals surface area contributed by atoms with Crippen molar-refractivity contribution in [3.63, 3.8) is 0 Å². The van der Waals surface area contributed by atoms with E-state index in [1.54, 1.807) is 20.8 Å². The molecule has 0 saturated carbocycles. The molecule has 88 valence electrons. The zero-order valence-electron chi connectivity index (χ0n) is 8.94. The number of carboxylic acids is 1. The number of carbonyl (C=O) groups is 1. The van der Waals surface area contributed by atoms with E-state index in [2.05, 4.69) is 4.98 Å². The Bertz CT molecular complexity index is 455. The topological polar surface area (TPSA) is 50.2 Å². The number of aromatic carboxylic acids is 1. The van der Waals surface area contributed by atoms with Crippen LogP contribution in [0.1, 0.15) is 36.8 Å². The molecule has 1 aromatic rings. The Labute approximate surface area is 102 Å². The molecule has 3 nitrogen and oxygen atoms in total. The van der Waals surface area contributed by atoms with Crippen molar-refractivity contribution in [3.8, 4) is 0 Å². The quantitative estimate of drug-likeness (QED) is 0.791. The lowest BCUT2D eigenvalue weighted by atomic mass is 9.87. The van der Waals surface area contributed by atoms with Crippen molar-refractivity contribution >= 4 is 29.2 Å². The Morgan fingerprint density at radius 2 is 1.81 bits per heavy atom. The number of nitrogens with zero attached hydrogens (tertiary/aromatic N) is 1. The molecule has 0 fully saturated rings. The fourth-order valence-corrected chi connectivity index (χ4v) is 2.28. The third-order valence-electron chi connectivity index (χ3n) is 1.99. The van der Waals surface area contributed by atoms with E-state index in [9.17, 15) is 9.18 Å². The standard InChI is InChI=1S/C10H10Cl2FNO2/c1-10(2,3)4-5(11)7(9(15)16)14-8(13)6(4)12/h1-3H3,(H,15,16). The molecule has 1 N–H and O–H groups in total. The predicted molar refractivity (Wildman–Crippen MR) is 59.9 cm³/mol. The molecule has 0 radical (unpaired) electrons. The summed E-state index contributed by atoms with van der Waals surface area (Å²) in [6, 6.07) is 0. The molecule has 1 heterocycles. The Morgan fingerprint density at radius 1 is 1.31 bits per heavy atom. The summed E-state index contributed by atoms with van der Waals surface area (Å²) >= 11 is 11.6. The van der Waals surface area contributed by atoms with Gasteiger partial charge in [-0.3, -0.25) is 0 Å². The number of rotatable bonds is 1. The van der Waals surface area contributed by atoms with Crippen molar-refractivity contribution in [2.24, 2.45) is 0 Å². The summed E-state index contributed by atoms with van der Waals surface area (Å²) in [4.78, 5) is 14.0. The molecule has 0 saturated heterocycles. The van der Waals surface area contributed by atoms with Gasteiger partial charge in [-0.15, -0.1) is 0 Å². The maximum Gasteiger partial charge on any atom is 0.356 e. The van der Waals surface area contributed by atoms with Gasteiger partial charge in [0, 0.05) is 5.56 Å². The average Bonchev–Trinajstić information content (AvgIpc) is 2.08. The number of aromatic nitrogens is 1. The first kappa shape index (κ1) is 13.2.